The van der Waals surface area contributed by atoms with Gasteiger partial charge in [-0.15, -0.1) is 0 Å². The van der Waals surface area contributed by atoms with Gasteiger partial charge in [0.25, 0.3) is 5.91 Å². The van der Waals surface area contributed by atoms with E-state index in [9.17, 15) is 4.79 Å². The Kier molecular flexibility index (Phi) is 4.36. The normalized spacial score (nSPS) is 11.7. The van der Waals surface area contributed by atoms with Crippen LogP contribution in [0.2, 0.25) is 5.15 Å². The zero-order valence-corrected chi connectivity index (χ0v) is 11.1. The minimum Gasteiger partial charge on any atom is -0.481 e. The van der Waals surface area contributed by atoms with Gasteiger partial charge in [-0.1, -0.05) is 29.8 Å². The quantitative estimate of drug-likeness (QED) is 0.873. The maximum atomic E-state index is 11.9. The lowest BCUT2D eigenvalue weighted by atomic mass is 10.3. The number of amides is 1. The smallest absolute Gasteiger partial charge is 0.265 e. The Hall–Kier alpha value is -2.07. The summed E-state index contributed by atoms with van der Waals surface area (Å²) in [6.45, 7) is 1.67. The molecule has 1 aromatic carbocycles. The van der Waals surface area contributed by atoms with E-state index in [-0.39, 0.29) is 11.1 Å². The van der Waals surface area contributed by atoms with Crippen molar-refractivity contribution in [3.05, 3.63) is 53.8 Å². The molecule has 0 saturated heterocycles. The van der Waals surface area contributed by atoms with E-state index in [1.54, 1.807) is 37.4 Å². The van der Waals surface area contributed by atoms with E-state index in [2.05, 4.69) is 10.3 Å². The van der Waals surface area contributed by atoms with Crippen LogP contribution in [0.1, 0.15) is 6.92 Å². The molecular weight excluding hydrogens is 264 g/mol. The van der Waals surface area contributed by atoms with E-state index in [4.69, 9.17) is 16.3 Å². The van der Waals surface area contributed by atoms with Gasteiger partial charge in [0, 0.05) is 6.20 Å². The highest BCUT2D eigenvalue weighted by molar-refractivity contribution is 6.32. The molecular formula is C14H13ClN2O2. The van der Waals surface area contributed by atoms with Crippen molar-refractivity contribution >= 4 is 23.2 Å². The Morgan fingerprint density at radius 2 is 2.00 bits per heavy atom. The molecule has 4 nitrogen and oxygen atoms in total. The number of nitrogens with one attached hydrogen (secondary N) is 1. The number of anilines is 1. The highest BCUT2D eigenvalue weighted by Crippen LogP contribution is 2.18. The van der Waals surface area contributed by atoms with Crippen LogP contribution in [0.25, 0.3) is 0 Å². The predicted molar refractivity (Wildman–Crippen MR) is 74.4 cm³/mol. The molecule has 1 aromatic heterocycles. The van der Waals surface area contributed by atoms with Crippen LogP contribution < -0.4 is 10.1 Å². The summed E-state index contributed by atoms with van der Waals surface area (Å²) in [5.41, 5.74) is 0.470. The summed E-state index contributed by atoms with van der Waals surface area (Å²) in [5, 5.41) is 2.92. The van der Waals surface area contributed by atoms with Gasteiger partial charge in [0.05, 0.1) is 5.69 Å². The van der Waals surface area contributed by atoms with Gasteiger partial charge in [-0.3, -0.25) is 4.79 Å². The molecule has 5 heteroatoms. The molecule has 1 N–H and O–H groups in total. The third-order valence-corrected chi connectivity index (χ3v) is 2.74. The molecule has 1 atom stereocenters. The topological polar surface area (TPSA) is 51.2 Å². The van der Waals surface area contributed by atoms with Crippen molar-refractivity contribution in [3.63, 3.8) is 0 Å². The van der Waals surface area contributed by atoms with Crippen LogP contribution in [-0.2, 0) is 4.79 Å². The molecule has 0 saturated carbocycles. The van der Waals surface area contributed by atoms with Crippen LogP contribution in [0.3, 0.4) is 0 Å². The molecule has 1 heterocycles. The molecule has 0 bridgehead atoms. The van der Waals surface area contributed by atoms with Crippen LogP contribution in [-0.4, -0.2) is 17.0 Å². The van der Waals surface area contributed by atoms with E-state index >= 15 is 0 Å². The van der Waals surface area contributed by atoms with Crippen molar-refractivity contribution in [1.29, 1.82) is 0 Å². The van der Waals surface area contributed by atoms with Crippen LogP contribution in [0.5, 0.6) is 5.75 Å². The van der Waals surface area contributed by atoms with Gasteiger partial charge in [0.15, 0.2) is 11.3 Å². The van der Waals surface area contributed by atoms with Gasteiger partial charge in [0.2, 0.25) is 0 Å². The molecule has 0 fully saturated rings. The van der Waals surface area contributed by atoms with Crippen molar-refractivity contribution in [3.8, 4) is 5.75 Å². The van der Waals surface area contributed by atoms with Crippen LogP contribution in [0.4, 0.5) is 5.69 Å². The first-order valence-corrected chi connectivity index (χ1v) is 6.17. The lowest BCUT2D eigenvalue weighted by molar-refractivity contribution is -0.122. The Morgan fingerprint density at radius 1 is 1.26 bits per heavy atom. The van der Waals surface area contributed by atoms with Crippen molar-refractivity contribution in [2.75, 3.05) is 5.32 Å². The molecule has 0 unspecified atom stereocenters. The molecule has 98 valence electrons. The number of carbonyl (C=O) groups is 1. The standard InChI is InChI=1S/C14H13ClN2O2/c1-10(19-11-6-3-2-4-7-11)14(18)17-12-8-5-9-16-13(12)15/h2-10H,1H3,(H,17,18)/t10-/m1/s1. The summed E-state index contributed by atoms with van der Waals surface area (Å²) < 4.78 is 5.51. The van der Waals surface area contributed by atoms with Crippen molar-refractivity contribution in [1.82, 2.24) is 4.98 Å². The number of carbonyl (C=O) groups excluding carboxylic acids is 1. The molecule has 0 aliphatic carbocycles. The van der Waals surface area contributed by atoms with Crippen LogP contribution in [0.15, 0.2) is 48.7 Å². The number of hydrogen-bond donors (Lipinski definition) is 1. The van der Waals surface area contributed by atoms with E-state index in [1.807, 2.05) is 18.2 Å². The fourth-order valence-corrected chi connectivity index (χ4v) is 1.64. The largest absolute Gasteiger partial charge is 0.481 e. The zero-order chi connectivity index (χ0) is 13.7. The number of pyridine rings is 1. The highest BCUT2D eigenvalue weighted by atomic mass is 35.5. The average Bonchev–Trinajstić information content (AvgIpc) is 2.42. The van der Waals surface area contributed by atoms with Gasteiger partial charge in [-0.2, -0.15) is 0 Å². The van der Waals surface area contributed by atoms with E-state index in [0.29, 0.717) is 11.4 Å². The third kappa shape index (κ3) is 3.69. The summed E-state index contributed by atoms with van der Waals surface area (Å²) in [6, 6.07) is 12.5. The summed E-state index contributed by atoms with van der Waals surface area (Å²) in [5.74, 6) is 0.362. The van der Waals surface area contributed by atoms with E-state index in [0.717, 1.165) is 0 Å². The number of benzene rings is 1. The maximum absolute atomic E-state index is 11.9. The predicted octanol–water partition coefficient (Wildman–Crippen LogP) is 3.14. The average molecular weight is 277 g/mol. The zero-order valence-electron chi connectivity index (χ0n) is 10.3. The fraction of sp³-hybridized carbons (Fsp3) is 0.143. The van der Waals surface area contributed by atoms with Gasteiger partial charge in [-0.25, -0.2) is 4.98 Å². The fourth-order valence-electron chi connectivity index (χ4n) is 1.47. The molecule has 0 radical (unpaired) electrons. The Bertz CT molecular complexity index is 560. The van der Waals surface area contributed by atoms with Gasteiger partial charge in [0.1, 0.15) is 5.75 Å². The van der Waals surface area contributed by atoms with Crippen molar-refractivity contribution < 1.29 is 9.53 Å². The second-order valence-electron chi connectivity index (χ2n) is 3.90. The lowest BCUT2D eigenvalue weighted by Crippen LogP contribution is -2.30. The van der Waals surface area contributed by atoms with Crippen LogP contribution >= 0.6 is 11.6 Å². The second kappa shape index (κ2) is 6.20. The summed E-state index contributed by atoms with van der Waals surface area (Å²) in [4.78, 5) is 15.8. The highest BCUT2D eigenvalue weighted by Gasteiger charge is 2.15. The molecule has 1 amide bonds. The first-order chi connectivity index (χ1) is 9.16. The minimum atomic E-state index is -0.626. The SMILES string of the molecule is C[C@@H](Oc1ccccc1)C(=O)Nc1cccnc1Cl. The Morgan fingerprint density at radius 3 is 2.68 bits per heavy atom. The molecule has 19 heavy (non-hydrogen) atoms. The van der Waals surface area contributed by atoms with Crippen molar-refractivity contribution in [2.24, 2.45) is 0 Å². The summed E-state index contributed by atoms with van der Waals surface area (Å²) in [7, 11) is 0. The second-order valence-corrected chi connectivity index (χ2v) is 4.26. The number of hydrogen-bond acceptors (Lipinski definition) is 3. The monoisotopic (exact) mass is 276 g/mol. The minimum absolute atomic E-state index is 0.253. The summed E-state index contributed by atoms with van der Waals surface area (Å²) in [6.07, 6.45) is 0.931. The van der Waals surface area contributed by atoms with Gasteiger partial charge >= 0.3 is 0 Å². The van der Waals surface area contributed by atoms with Gasteiger partial charge in [-0.05, 0) is 31.2 Å². The van der Waals surface area contributed by atoms with Crippen LogP contribution in [0, 0.1) is 0 Å². The molecule has 2 aromatic rings. The lowest BCUT2D eigenvalue weighted by Gasteiger charge is -2.14. The molecule has 0 aliphatic rings. The van der Waals surface area contributed by atoms with E-state index in [1.165, 1.54) is 0 Å². The van der Waals surface area contributed by atoms with Gasteiger partial charge < -0.3 is 10.1 Å². The first-order valence-electron chi connectivity index (χ1n) is 5.80. The number of ether oxygens (including phenoxy) is 1. The Balaban J connectivity index is 1.99. The summed E-state index contributed by atoms with van der Waals surface area (Å²) >= 11 is 5.87. The number of para-hydroxylation sites is 1. The Labute approximate surface area is 116 Å². The number of halogens is 1. The number of nitrogens with zero attached hydrogens (tertiary/aromatic N) is 1. The molecule has 0 spiro atoms. The van der Waals surface area contributed by atoms with E-state index < -0.39 is 6.10 Å². The maximum Gasteiger partial charge on any atom is 0.265 e. The molecule has 0 aliphatic heterocycles. The molecule has 2 rings (SSSR count). The third-order valence-electron chi connectivity index (χ3n) is 2.44. The number of rotatable bonds is 4. The number of aromatic nitrogens is 1. The van der Waals surface area contributed by atoms with Crippen molar-refractivity contribution in [2.45, 2.75) is 13.0 Å². The first kappa shape index (κ1) is 13.4.